The summed E-state index contributed by atoms with van der Waals surface area (Å²) in [5.41, 5.74) is 7.66. The van der Waals surface area contributed by atoms with E-state index in [4.69, 9.17) is 10.5 Å². The van der Waals surface area contributed by atoms with Gasteiger partial charge < -0.3 is 10.5 Å². The minimum Gasteiger partial charge on any atom is -0.493 e. The van der Waals surface area contributed by atoms with E-state index in [1.165, 1.54) is 24.8 Å². The highest BCUT2D eigenvalue weighted by molar-refractivity contribution is 5.35. The van der Waals surface area contributed by atoms with Crippen LogP contribution in [0.2, 0.25) is 0 Å². The molecule has 3 rings (SSSR count). The van der Waals surface area contributed by atoms with E-state index in [0.717, 1.165) is 24.7 Å². The number of fused-ring (bicyclic) bond motifs is 1. The van der Waals surface area contributed by atoms with Crippen molar-refractivity contribution in [2.45, 2.75) is 31.7 Å². The van der Waals surface area contributed by atoms with Gasteiger partial charge in [-0.1, -0.05) is 24.6 Å². The largest absolute Gasteiger partial charge is 0.493 e. The molecule has 0 bridgehead atoms. The number of ether oxygens (including phenoxy) is 1. The van der Waals surface area contributed by atoms with Gasteiger partial charge in [-0.05, 0) is 36.8 Å². The Hall–Kier alpha value is -1.02. The van der Waals surface area contributed by atoms with Gasteiger partial charge in [-0.2, -0.15) is 0 Å². The molecule has 2 atom stereocenters. The fraction of sp³-hybridized carbons (Fsp3) is 0.571. The molecule has 2 aliphatic rings. The topological polar surface area (TPSA) is 35.2 Å². The van der Waals surface area contributed by atoms with E-state index >= 15 is 0 Å². The van der Waals surface area contributed by atoms with Crippen LogP contribution in [0, 0.1) is 11.8 Å². The van der Waals surface area contributed by atoms with Crippen LogP contribution in [0.5, 0.6) is 5.75 Å². The Morgan fingerprint density at radius 2 is 2.00 bits per heavy atom. The van der Waals surface area contributed by atoms with E-state index in [1.54, 1.807) is 0 Å². The van der Waals surface area contributed by atoms with Crippen molar-refractivity contribution in [1.29, 1.82) is 0 Å². The predicted octanol–water partition coefficient (Wildman–Crippen LogP) is 2.37. The molecule has 2 N–H and O–H groups in total. The van der Waals surface area contributed by atoms with Crippen LogP contribution in [0.15, 0.2) is 24.3 Å². The average molecular weight is 217 g/mol. The summed E-state index contributed by atoms with van der Waals surface area (Å²) in [6, 6.07) is 8.67. The number of para-hydroxylation sites is 1. The first-order valence-electron chi connectivity index (χ1n) is 6.31. The van der Waals surface area contributed by atoms with Crippen molar-refractivity contribution in [3.63, 3.8) is 0 Å². The van der Waals surface area contributed by atoms with Gasteiger partial charge in [0.05, 0.1) is 6.61 Å². The predicted molar refractivity (Wildman–Crippen MR) is 64.4 cm³/mol. The highest BCUT2D eigenvalue weighted by Crippen LogP contribution is 2.35. The van der Waals surface area contributed by atoms with Crippen LogP contribution in [0.25, 0.3) is 0 Å². The Kier molecular flexibility index (Phi) is 2.60. The Bertz CT molecular complexity index is 373. The Labute approximate surface area is 96.8 Å². The molecule has 1 aliphatic heterocycles. The molecule has 1 aromatic rings. The molecule has 1 saturated carbocycles. The first-order valence-corrected chi connectivity index (χ1v) is 6.31. The minimum atomic E-state index is 0.335. The molecule has 2 heteroatoms. The molecular formula is C14H19NO. The third kappa shape index (κ3) is 1.71. The molecule has 1 aromatic carbocycles. The van der Waals surface area contributed by atoms with Crippen molar-refractivity contribution >= 4 is 0 Å². The van der Waals surface area contributed by atoms with Crippen molar-refractivity contribution in [3.8, 4) is 5.75 Å². The zero-order chi connectivity index (χ0) is 11.0. The van der Waals surface area contributed by atoms with E-state index in [9.17, 15) is 0 Å². The monoisotopic (exact) mass is 217 g/mol. The summed E-state index contributed by atoms with van der Waals surface area (Å²) >= 11 is 0. The number of hydrogen-bond donors (Lipinski definition) is 1. The molecule has 0 spiro atoms. The van der Waals surface area contributed by atoms with E-state index in [-0.39, 0.29) is 0 Å². The van der Waals surface area contributed by atoms with E-state index < -0.39 is 0 Å². The molecule has 2 nitrogen and oxygen atoms in total. The fourth-order valence-corrected chi connectivity index (χ4v) is 2.81. The number of nitrogens with two attached hydrogens (primary N) is 1. The van der Waals surface area contributed by atoms with Gasteiger partial charge in [0.25, 0.3) is 0 Å². The zero-order valence-electron chi connectivity index (χ0n) is 9.56. The van der Waals surface area contributed by atoms with Crippen LogP contribution in [-0.2, 0) is 6.42 Å². The van der Waals surface area contributed by atoms with Crippen LogP contribution < -0.4 is 10.5 Å². The van der Waals surface area contributed by atoms with Crippen molar-refractivity contribution < 1.29 is 4.74 Å². The highest BCUT2D eigenvalue weighted by atomic mass is 16.5. The summed E-state index contributed by atoms with van der Waals surface area (Å²) in [6.45, 7) is 0.800. The average Bonchev–Trinajstić information content (AvgIpc) is 2.26. The highest BCUT2D eigenvalue weighted by Gasteiger charge is 2.33. The minimum absolute atomic E-state index is 0.335. The van der Waals surface area contributed by atoms with Crippen molar-refractivity contribution in [1.82, 2.24) is 0 Å². The third-order valence-corrected chi connectivity index (χ3v) is 4.15. The summed E-state index contributed by atoms with van der Waals surface area (Å²) in [5.74, 6) is 2.32. The van der Waals surface area contributed by atoms with Gasteiger partial charge in [0.2, 0.25) is 0 Å². The van der Waals surface area contributed by atoms with Gasteiger partial charge in [-0.25, -0.2) is 0 Å². The second-order valence-electron chi connectivity index (χ2n) is 5.15. The van der Waals surface area contributed by atoms with Gasteiger partial charge in [0, 0.05) is 12.0 Å². The SMILES string of the molecule is NC(C1CCC1)C1COc2ccccc2C1. The van der Waals surface area contributed by atoms with E-state index in [1.807, 2.05) is 6.07 Å². The van der Waals surface area contributed by atoms with Crippen molar-refractivity contribution in [3.05, 3.63) is 29.8 Å². The number of benzene rings is 1. The number of rotatable bonds is 2. The maximum absolute atomic E-state index is 6.33. The normalized spacial score (nSPS) is 26.4. The molecular weight excluding hydrogens is 198 g/mol. The molecule has 1 fully saturated rings. The summed E-state index contributed by atoms with van der Waals surface area (Å²) in [7, 11) is 0. The summed E-state index contributed by atoms with van der Waals surface area (Å²) in [5, 5.41) is 0. The fourth-order valence-electron chi connectivity index (χ4n) is 2.81. The molecule has 1 heterocycles. The van der Waals surface area contributed by atoms with Crippen LogP contribution in [0.4, 0.5) is 0 Å². The zero-order valence-corrected chi connectivity index (χ0v) is 9.56. The lowest BCUT2D eigenvalue weighted by atomic mass is 9.73. The van der Waals surface area contributed by atoms with Crippen molar-refractivity contribution in [2.75, 3.05) is 6.61 Å². The van der Waals surface area contributed by atoms with Gasteiger partial charge in [-0.15, -0.1) is 0 Å². The quantitative estimate of drug-likeness (QED) is 0.825. The van der Waals surface area contributed by atoms with Crippen LogP contribution in [0.3, 0.4) is 0 Å². The second kappa shape index (κ2) is 4.10. The molecule has 0 saturated heterocycles. The molecule has 0 aromatic heterocycles. The molecule has 16 heavy (non-hydrogen) atoms. The second-order valence-corrected chi connectivity index (χ2v) is 5.15. The lowest BCUT2D eigenvalue weighted by Crippen LogP contribution is -2.45. The Morgan fingerprint density at radius 3 is 2.75 bits per heavy atom. The first-order chi connectivity index (χ1) is 7.84. The molecule has 86 valence electrons. The van der Waals surface area contributed by atoms with E-state index in [2.05, 4.69) is 18.2 Å². The van der Waals surface area contributed by atoms with Gasteiger partial charge >= 0.3 is 0 Å². The molecule has 2 unspecified atom stereocenters. The van der Waals surface area contributed by atoms with E-state index in [0.29, 0.717) is 12.0 Å². The van der Waals surface area contributed by atoms with Crippen LogP contribution >= 0.6 is 0 Å². The lowest BCUT2D eigenvalue weighted by Gasteiger charge is -2.38. The van der Waals surface area contributed by atoms with Gasteiger partial charge in [0.15, 0.2) is 0 Å². The van der Waals surface area contributed by atoms with Gasteiger partial charge in [0.1, 0.15) is 5.75 Å². The standard InChI is InChI=1S/C14H19NO/c15-14(10-5-3-6-10)12-8-11-4-1-2-7-13(11)16-9-12/h1-2,4,7,10,12,14H,3,5-6,8-9,15H2. The number of hydrogen-bond acceptors (Lipinski definition) is 2. The summed E-state index contributed by atoms with van der Waals surface area (Å²) in [6.07, 6.45) is 5.09. The molecule has 1 aliphatic carbocycles. The Balaban J connectivity index is 1.72. The summed E-state index contributed by atoms with van der Waals surface area (Å²) < 4.78 is 5.80. The maximum atomic E-state index is 6.33. The lowest BCUT2D eigenvalue weighted by molar-refractivity contribution is 0.140. The smallest absolute Gasteiger partial charge is 0.122 e. The van der Waals surface area contributed by atoms with Crippen LogP contribution in [0.1, 0.15) is 24.8 Å². The third-order valence-electron chi connectivity index (χ3n) is 4.15. The molecule has 0 radical (unpaired) electrons. The van der Waals surface area contributed by atoms with Gasteiger partial charge in [-0.3, -0.25) is 0 Å². The van der Waals surface area contributed by atoms with Crippen LogP contribution in [-0.4, -0.2) is 12.6 Å². The first kappa shape index (κ1) is 10.2. The Morgan fingerprint density at radius 1 is 1.19 bits per heavy atom. The maximum Gasteiger partial charge on any atom is 0.122 e. The summed E-state index contributed by atoms with van der Waals surface area (Å²) in [4.78, 5) is 0. The van der Waals surface area contributed by atoms with Crippen molar-refractivity contribution in [2.24, 2.45) is 17.6 Å². The molecule has 0 amide bonds.